The van der Waals surface area contributed by atoms with Crippen molar-refractivity contribution in [3.63, 3.8) is 0 Å². The number of aromatic nitrogens is 2. The zero-order valence-corrected chi connectivity index (χ0v) is 11.6. The van der Waals surface area contributed by atoms with Crippen molar-refractivity contribution in [2.75, 3.05) is 18.5 Å². The van der Waals surface area contributed by atoms with E-state index in [2.05, 4.69) is 15.4 Å². The van der Waals surface area contributed by atoms with Crippen molar-refractivity contribution in [2.45, 2.75) is 31.0 Å². The molecule has 2 heterocycles. The molecule has 0 spiro atoms. The van der Waals surface area contributed by atoms with Gasteiger partial charge in [-0.15, -0.1) is 0 Å². The van der Waals surface area contributed by atoms with Gasteiger partial charge < -0.3 is 4.74 Å². The number of rotatable bonds is 3. The van der Waals surface area contributed by atoms with E-state index in [9.17, 15) is 8.42 Å². The summed E-state index contributed by atoms with van der Waals surface area (Å²) in [5, 5.41) is 0. The van der Waals surface area contributed by atoms with Crippen molar-refractivity contribution >= 4 is 16.0 Å². The SMILES string of the molecule is C[C@@H]1CN(S(=O)(=O)c2cnc(NN)nc2)C[C@H](C)O1. The zero-order chi connectivity index (χ0) is 14.0. The number of nitrogen functional groups attached to an aromatic ring is 1. The summed E-state index contributed by atoms with van der Waals surface area (Å²) in [7, 11) is -3.59. The van der Waals surface area contributed by atoms with Gasteiger partial charge in [0.1, 0.15) is 4.90 Å². The molecule has 0 aromatic carbocycles. The smallest absolute Gasteiger partial charge is 0.246 e. The van der Waals surface area contributed by atoms with Crippen LogP contribution in [0, 0.1) is 0 Å². The van der Waals surface area contributed by atoms with Crippen molar-refractivity contribution < 1.29 is 13.2 Å². The number of hydrogen-bond acceptors (Lipinski definition) is 7. The highest BCUT2D eigenvalue weighted by atomic mass is 32.2. The van der Waals surface area contributed by atoms with Gasteiger partial charge >= 0.3 is 0 Å². The molecule has 1 fully saturated rings. The highest BCUT2D eigenvalue weighted by molar-refractivity contribution is 7.89. The molecule has 2 atom stereocenters. The number of ether oxygens (including phenoxy) is 1. The summed E-state index contributed by atoms with van der Waals surface area (Å²) in [5.41, 5.74) is 2.25. The first-order chi connectivity index (χ1) is 8.93. The molecule has 19 heavy (non-hydrogen) atoms. The Morgan fingerprint density at radius 3 is 2.32 bits per heavy atom. The lowest BCUT2D eigenvalue weighted by Gasteiger charge is -2.34. The van der Waals surface area contributed by atoms with Crippen LogP contribution in [0.2, 0.25) is 0 Å². The van der Waals surface area contributed by atoms with Crippen LogP contribution < -0.4 is 11.3 Å². The van der Waals surface area contributed by atoms with E-state index in [0.29, 0.717) is 13.1 Å². The molecule has 1 aromatic heterocycles. The summed E-state index contributed by atoms with van der Waals surface area (Å²) < 4.78 is 31.7. The van der Waals surface area contributed by atoms with Gasteiger partial charge in [0.2, 0.25) is 16.0 Å². The maximum absolute atomic E-state index is 12.4. The second-order valence-electron chi connectivity index (χ2n) is 4.47. The molecule has 1 aliphatic heterocycles. The number of morpholine rings is 1. The van der Waals surface area contributed by atoms with Crippen LogP contribution in [0.4, 0.5) is 5.95 Å². The van der Waals surface area contributed by atoms with Crippen molar-refractivity contribution in [3.05, 3.63) is 12.4 Å². The third-order valence-electron chi connectivity index (χ3n) is 2.78. The molecule has 1 aromatic rings. The maximum atomic E-state index is 12.4. The van der Waals surface area contributed by atoms with Gasteiger partial charge in [0, 0.05) is 13.1 Å². The molecule has 1 aliphatic rings. The Morgan fingerprint density at radius 2 is 1.84 bits per heavy atom. The van der Waals surface area contributed by atoms with Gasteiger partial charge in [-0.25, -0.2) is 24.2 Å². The average Bonchev–Trinajstić information content (AvgIpc) is 2.37. The minimum absolute atomic E-state index is 0.0489. The van der Waals surface area contributed by atoms with Crippen LogP contribution in [0.25, 0.3) is 0 Å². The zero-order valence-electron chi connectivity index (χ0n) is 10.8. The summed E-state index contributed by atoms with van der Waals surface area (Å²) in [6.07, 6.45) is 2.21. The lowest BCUT2D eigenvalue weighted by atomic mass is 10.3. The van der Waals surface area contributed by atoms with Crippen molar-refractivity contribution in [1.82, 2.24) is 14.3 Å². The minimum Gasteiger partial charge on any atom is -0.373 e. The second-order valence-corrected chi connectivity index (χ2v) is 6.40. The minimum atomic E-state index is -3.59. The van der Waals surface area contributed by atoms with Crippen molar-refractivity contribution in [2.24, 2.45) is 5.84 Å². The Balaban J connectivity index is 2.25. The molecular weight excluding hydrogens is 270 g/mol. The first-order valence-electron chi connectivity index (χ1n) is 5.87. The maximum Gasteiger partial charge on any atom is 0.246 e. The molecule has 0 unspecified atom stereocenters. The van der Waals surface area contributed by atoms with Gasteiger partial charge in [0.05, 0.1) is 24.6 Å². The molecule has 8 nitrogen and oxygen atoms in total. The van der Waals surface area contributed by atoms with Crippen molar-refractivity contribution in [1.29, 1.82) is 0 Å². The Hall–Kier alpha value is -1.29. The molecule has 0 saturated carbocycles. The predicted molar refractivity (Wildman–Crippen MR) is 68.6 cm³/mol. The molecule has 2 rings (SSSR count). The molecule has 0 bridgehead atoms. The third kappa shape index (κ3) is 3.00. The fraction of sp³-hybridized carbons (Fsp3) is 0.600. The Bertz CT molecular complexity index is 523. The summed E-state index contributed by atoms with van der Waals surface area (Å²) in [5.74, 6) is 5.31. The normalized spacial score (nSPS) is 25.2. The number of nitrogens with two attached hydrogens (primary N) is 1. The van der Waals surface area contributed by atoms with Gasteiger partial charge in [-0.3, -0.25) is 5.43 Å². The topological polar surface area (TPSA) is 110 Å². The van der Waals surface area contributed by atoms with Crippen molar-refractivity contribution in [3.8, 4) is 0 Å². The number of nitrogens with zero attached hydrogens (tertiary/aromatic N) is 3. The molecular formula is C10H17N5O3S. The molecule has 106 valence electrons. The van der Waals surface area contributed by atoms with Gasteiger partial charge in [-0.2, -0.15) is 4.31 Å². The number of anilines is 1. The fourth-order valence-corrected chi connectivity index (χ4v) is 3.48. The average molecular weight is 287 g/mol. The summed E-state index contributed by atoms with van der Waals surface area (Å²) in [4.78, 5) is 7.67. The highest BCUT2D eigenvalue weighted by Crippen LogP contribution is 2.20. The van der Waals surface area contributed by atoms with Crippen LogP contribution >= 0.6 is 0 Å². The molecule has 0 amide bonds. The van der Waals surface area contributed by atoms with Crippen LogP contribution in [-0.4, -0.2) is 48.0 Å². The molecule has 1 saturated heterocycles. The molecule has 3 N–H and O–H groups in total. The predicted octanol–water partition coefficient (Wildman–Crippen LogP) is -0.440. The van der Waals surface area contributed by atoms with Crippen LogP contribution in [0.1, 0.15) is 13.8 Å². The first kappa shape index (κ1) is 14.1. The standard InChI is InChI=1S/C10H17N5O3S/c1-7-5-15(6-8(2)18-7)19(16,17)9-3-12-10(14-11)13-4-9/h3-4,7-8H,5-6,11H2,1-2H3,(H,12,13,14)/t7-,8+. The van der Waals surface area contributed by atoms with E-state index >= 15 is 0 Å². The largest absolute Gasteiger partial charge is 0.373 e. The number of nitrogens with one attached hydrogen (secondary N) is 1. The lowest BCUT2D eigenvalue weighted by Crippen LogP contribution is -2.48. The van der Waals surface area contributed by atoms with E-state index < -0.39 is 10.0 Å². The first-order valence-corrected chi connectivity index (χ1v) is 7.31. The number of hydrogen-bond donors (Lipinski definition) is 2. The van der Waals surface area contributed by atoms with Crippen LogP contribution in [0.15, 0.2) is 17.3 Å². The Labute approximate surface area is 112 Å². The Morgan fingerprint density at radius 1 is 1.32 bits per heavy atom. The summed E-state index contributed by atoms with van der Waals surface area (Å²) >= 11 is 0. The van der Waals surface area contributed by atoms with E-state index in [1.165, 1.54) is 16.7 Å². The third-order valence-corrected chi connectivity index (χ3v) is 4.57. The van der Waals surface area contributed by atoms with Gasteiger partial charge in [0.25, 0.3) is 0 Å². The van der Waals surface area contributed by atoms with E-state index in [1.54, 1.807) is 0 Å². The van der Waals surface area contributed by atoms with Gasteiger partial charge in [0.15, 0.2) is 0 Å². The highest BCUT2D eigenvalue weighted by Gasteiger charge is 2.32. The van der Waals surface area contributed by atoms with E-state index in [4.69, 9.17) is 10.6 Å². The van der Waals surface area contributed by atoms with Crippen LogP contribution in [0.5, 0.6) is 0 Å². The summed E-state index contributed by atoms with van der Waals surface area (Å²) in [6, 6.07) is 0. The number of hydrazine groups is 1. The summed E-state index contributed by atoms with van der Waals surface area (Å²) in [6.45, 7) is 4.33. The van der Waals surface area contributed by atoms with E-state index in [1.807, 2.05) is 13.8 Å². The quantitative estimate of drug-likeness (QED) is 0.572. The second kappa shape index (κ2) is 5.37. The fourth-order valence-electron chi connectivity index (χ4n) is 2.00. The van der Waals surface area contributed by atoms with Gasteiger partial charge in [-0.1, -0.05) is 0 Å². The molecule has 0 aliphatic carbocycles. The molecule has 9 heteroatoms. The lowest BCUT2D eigenvalue weighted by molar-refractivity contribution is -0.0440. The van der Waals surface area contributed by atoms with E-state index in [-0.39, 0.29) is 23.1 Å². The van der Waals surface area contributed by atoms with Gasteiger partial charge in [-0.05, 0) is 13.8 Å². The number of sulfonamides is 1. The monoisotopic (exact) mass is 287 g/mol. The van der Waals surface area contributed by atoms with Crippen LogP contribution in [0.3, 0.4) is 0 Å². The molecule has 0 radical (unpaired) electrons. The van der Waals surface area contributed by atoms with E-state index in [0.717, 1.165) is 0 Å². The van der Waals surface area contributed by atoms with Crippen LogP contribution in [-0.2, 0) is 14.8 Å². The Kier molecular flexibility index (Phi) is 3.99.